The van der Waals surface area contributed by atoms with Crippen LogP contribution >= 0.6 is 0 Å². The molecule has 0 aliphatic carbocycles. The van der Waals surface area contributed by atoms with Gasteiger partial charge in [0.2, 0.25) is 0 Å². The molecule has 0 saturated carbocycles. The molecule has 32 heavy (non-hydrogen) atoms. The minimum atomic E-state index is -0.926. The summed E-state index contributed by atoms with van der Waals surface area (Å²) in [6.07, 6.45) is 2.27. The third kappa shape index (κ3) is 3.52. The SMILES string of the molecule is Cc1c(Oc2ccc(F)c(-c3ncc(C(O)c4ccccc4)[nH]3)c2)c(F)cc2[nH]ccc12. The number of halogens is 2. The van der Waals surface area contributed by atoms with Gasteiger partial charge in [-0.2, -0.15) is 0 Å². The quantitative estimate of drug-likeness (QED) is 0.319. The van der Waals surface area contributed by atoms with Crippen LogP contribution in [0.2, 0.25) is 0 Å². The van der Waals surface area contributed by atoms with E-state index in [0.29, 0.717) is 22.3 Å². The summed E-state index contributed by atoms with van der Waals surface area (Å²) in [7, 11) is 0. The van der Waals surface area contributed by atoms with E-state index in [0.717, 1.165) is 5.39 Å². The number of imidazole rings is 1. The van der Waals surface area contributed by atoms with Crippen molar-refractivity contribution in [1.29, 1.82) is 0 Å². The lowest BCUT2D eigenvalue weighted by Crippen LogP contribution is -1.99. The molecule has 0 fully saturated rings. The summed E-state index contributed by atoms with van der Waals surface area (Å²) < 4.78 is 35.0. The summed E-state index contributed by atoms with van der Waals surface area (Å²) in [5, 5.41) is 11.4. The van der Waals surface area contributed by atoms with Crippen LogP contribution in [0.25, 0.3) is 22.3 Å². The fraction of sp³-hybridized carbons (Fsp3) is 0.0800. The van der Waals surface area contributed by atoms with Crippen molar-refractivity contribution in [2.24, 2.45) is 0 Å². The van der Waals surface area contributed by atoms with E-state index < -0.39 is 17.7 Å². The fourth-order valence-electron chi connectivity index (χ4n) is 3.74. The monoisotopic (exact) mass is 431 g/mol. The Balaban J connectivity index is 1.47. The Labute approximate surface area is 182 Å². The van der Waals surface area contributed by atoms with Crippen molar-refractivity contribution in [3.63, 3.8) is 0 Å². The van der Waals surface area contributed by atoms with E-state index in [-0.39, 0.29) is 22.9 Å². The Morgan fingerprint density at radius 2 is 1.81 bits per heavy atom. The molecule has 0 aliphatic heterocycles. The lowest BCUT2D eigenvalue weighted by Gasteiger charge is -2.12. The van der Waals surface area contributed by atoms with E-state index in [4.69, 9.17) is 4.74 Å². The standard InChI is InChI=1S/C25H19F2N3O2/c1-14-17-9-10-28-21(17)12-20(27)24(14)32-16-7-8-19(26)18(11-16)25-29-13-22(30-25)23(31)15-5-3-2-4-6-15/h2-13,23,28,31H,1H3,(H,29,30). The zero-order valence-electron chi connectivity index (χ0n) is 17.1. The first-order valence-corrected chi connectivity index (χ1v) is 10.0. The number of aryl methyl sites for hydroxylation is 1. The summed E-state index contributed by atoms with van der Waals surface area (Å²) in [4.78, 5) is 10.2. The van der Waals surface area contributed by atoms with Crippen molar-refractivity contribution in [3.05, 3.63) is 102 Å². The molecule has 2 aromatic heterocycles. The smallest absolute Gasteiger partial charge is 0.168 e. The molecule has 0 saturated heterocycles. The highest BCUT2D eigenvalue weighted by molar-refractivity contribution is 5.85. The van der Waals surface area contributed by atoms with Gasteiger partial charge in [0, 0.05) is 28.7 Å². The highest BCUT2D eigenvalue weighted by Gasteiger charge is 2.18. The molecule has 0 radical (unpaired) electrons. The molecule has 0 amide bonds. The van der Waals surface area contributed by atoms with Crippen LogP contribution in [0.4, 0.5) is 8.78 Å². The van der Waals surface area contributed by atoms with Crippen molar-refractivity contribution < 1.29 is 18.6 Å². The van der Waals surface area contributed by atoms with E-state index >= 15 is 0 Å². The van der Waals surface area contributed by atoms with Gasteiger partial charge in [-0.05, 0) is 36.8 Å². The second-order valence-electron chi connectivity index (χ2n) is 7.50. The molecule has 1 atom stereocenters. The normalized spacial score (nSPS) is 12.2. The van der Waals surface area contributed by atoms with Crippen LogP contribution in [-0.4, -0.2) is 20.1 Å². The van der Waals surface area contributed by atoms with Crippen LogP contribution in [0, 0.1) is 18.6 Å². The first-order chi connectivity index (χ1) is 15.5. The minimum Gasteiger partial charge on any atom is -0.454 e. The van der Waals surface area contributed by atoms with Gasteiger partial charge in [0.15, 0.2) is 11.6 Å². The molecule has 5 rings (SSSR count). The van der Waals surface area contributed by atoms with Gasteiger partial charge in [-0.1, -0.05) is 30.3 Å². The molecule has 160 valence electrons. The minimum absolute atomic E-state index is 0.0780. The Bertz CT molecular complexity index is 1410. The van der Waals surface area contributed by atoms with Gasteiger partial charge in [0.1, 0.15) is 23.5 Å². The first kappa shape index (κ1) is 20.0. The number of rotatable bonds is 5. The topological polar surface area (TPSA) is 73.9 Å². The number of aromatic nitrogens is 3. The summed E-state index contributed by atoms with van der Waals surface area (Å²) in [5.74, 6) is -0.467. The second-order valence-corrected chi connectivity index (χ2v) is 7.50. The number of nitrogens with one attached hydrogen (secondary N) is 2. The predicted octanol–water partition coefficient (Wildman–Crippen LogP) is 6.02. The van der Waals surface area contributed by atoms with Crippen LogP contribution in [0.5, 0.6) is 11.5 Å². The van der Waals surface area contributed by atoms with Gasteiger partial charge >= 0.3 is 0 Å². The van der Waals surface area contributed by atoms with Gasteiger partial charge in [-0.25, -0.2) is 13.8 Å². The number of aliphatic hydroxyl groups is 1. The maximum atomic E-state index is 14.6. The van der Waals surface area contributed by atoms with E-state index in [2.05, 4.69) is 15.0 Å². The van der Waals surface area contributed by atoms with Crippen LogP contribution in [0.15, 0.2) is 73.1 Å². The number of benzene rings is 3. The predicted molar refractivity (Wildman–Crippen MR) is 118 cm³/mol. The van der Waals surface area contributed by atoms with Gasteiger partial charge in [0.05, 0.1) is 17.5 Å². The molecule has 1 unspecified atom stereocenters. The zero-order valence-corrected chi connectivity index (χ0v) is 17.1. The molecule has 5 aromatic rings. The molecule has 0 aliphatic rings. The number of aromatic amines is 2. The first-order valence-electron chi connectivity index (χ1n) is 10.0. The molecule has 0 bridgehead atoms. The Hall–Kier alpha value is -3.97. The van der Waals surface area contributed by atoms with Gasteiger partial charge < -0.3 is 19.8 Å². The lowest BCUT2D eigenvalue weighted by atomic mass is 10.1. The van der Waals surface area contributed by atoms with E-state index in [1.165, 1.54) is 30.5 Å². The maximum absolute atomic E-state index is 14.6. The van der Waals surface area contributed by atoms with Crippen molar-refractivity contribution in [2.75, 3.05) is 0 Å². The Kier molecular flexibility index (Phi) is 4.95. The number of hydrogen-bond donors (Lipinski definition) is 3. The zero-order chi connectivity index (χ0) is 22.2. The molecule has 3 aromatic carbocycles. The number of H-pyrrole nitrogens is 2. The molecule has 0 spiro atoms. The van der Waals surface area contributed by atoms with Gasteiger partial charge in [-0.3, -0.25) is 0 Å². The van der Waals surface area contributed by atoms with Gasteiger partial charge in [0.25, 0.3) is 0 Å². The lowest BCUT2D eigenvalue weighted by molar-refractivity contribution is 0.216. The van der Waals surface area contributed by atoms with Crippen LogP contribution < -0.4 is 4.74 Å². The number of ether oxygens (including phenoxy) is 1. The van der Waals surface area contributed by atoms with E-state index in [1.54, 1.807) is 25.3 Å². The number of fused-ring (bicyclic) bond motifs is 1. The second kappa shape index (κ2) is 7.94. The summed E-state index contributed by atoms with van der Waals surface area (Å²) >= 11 is 0. The summed E-state index contributed by atoms with van der Waals surface area (Å²) in [6, 6.07) is 16.4. The van der Waals surface area contributed by atoms with Crippen molar-refractivity contribution in [3.8, 4) is 22.9 Å². The van der Waals surface area contributed by atoms with Crippen LogP contribution in [-0.2, 0) is 0 Å². The molecule has 2 heterocycles. The third-order valence-electron chi connectivity index (χ3n) is 5.43. The summed E-state index contributed by atoms with van der Waals surface area (Å²) in [5.41, 5.74) is 2.57. The molecule has 5 nitrogen and oxygen atoms in total. The van der Waals surface area contributed by atoms with Crippen molar-refractivity contribution in [2.45, 2.75) is 13.0 Å². The largest absolute Gasteiger partial charge is 0.454 e. The highest BCUT2D eigenvalue weighted by atomic mass is 19.1. The Morgan fingerprint density at radius 1 is 1.00 bits per heavy atom. The van der Waals surface area contributed by atoms with E-state index in [1.807, 2.05) is 24.3 Å². The fourth-order valence-corrected chi connectivity index (χ4v) is 3.74. The average Bonchev–Trinajstić information content (AvgIpc) is 3.48. The number of aliphatic hydroxyl groups excluding tert-OH is 1. The highest BCUT2D eigenvalue weighted by Crippen LogP contribution is 2.35. The van der Waals surface area contributed by atoms with Crippen LogP contribution in [0.1, 0.15) is 22.9 Å². The van der Waals surface area contributed by atoms with Crippen molar-refractivity contribution >= 4 is 10.9 Å². The number of hydrogen-bond acceptors (Lipinski definition) is 3. The average molecular weight is 431 g/mol. The van der Waals surface area contributed by atoms with Gasteiger partial charge in [-0.15, -0.1) is 0 Å². The third-order valence-corrected chi connectivity index (χ3v) is 5.43. The summed E-state index contributed by atoms with van der Waals surface area (Å²) in [6.45, 7) is 1.77. The molecular formula is C25H19F2N3O2. The molecular weight excluding hydrogens is 412 g/mol. The molecule has 7 heteroatoms. The van der Waals surface area contributed by atoms with Crippen molar-refractivity contribution in [1.82, 2.24) is 15.0 Å². The molecule has 3 N–H and O–H groups in total. The number of nitrogens with zero attached hydrogens (tertiary/aromatic N) is 1. The van der Waals surface area contributed by atoms with Crippen LogP contribution in [0.3, 0.4) is 0 Å². The Morgan fingerprint density at radius 3 is 2.62 bits per heavy atom. The van der Waals surface area contributed by atoms with E-state index in [9.17, 15) is 13.9 Å². The maximum Gasteiger partial charge on any atom is 0.168 e.